The van der Waals surface area contributed by atoms with Crippen LogP contribution in [-0.4, -0.2) is 37.7 Å². The maximum absolute atomic E-state index is 11.9. The normalized spacial score (nSPS) is 27.4. The van der Waals surface area contributed by atoms with Crippen molar-refractivity contribution in [2.75, 3.05) is 13.7 Å². The summed E-state index contributed by atoms with van der Waals surface area (Å²) >= 11 is 0. The van der Waals surface area contributed by atoms with E-state index in [1.807, 2.05) is 24.3 Å². The van der Waals surface area contributed by atoms with Gasteiger partial charge in [-0.3, -0.25) is 4.79 Å². The van der Waals surface area contributed by atoms with Crippen LogP contribution in [0, 0.1) is 0 Å². The van der Waals surface area contributed by atoms with E-state index in [0.29, 0.717) is 12.5 Å². The van der Waals surface area contributed by atoms with Gasteiger partial charge in [0.05, 0.1) is 7.11 Å². The van der Waals surface area contributed by atoms with Gasteiger partial charge < -0.3 is 20.7 Å². The van der Waals surface area contributed by atoms with Gasteiger partial charge in [0.25, 0.3) is 0 Å². The van der Waals surface area contributed by atoms with Gasteiger partial charge >= 0.3 is 6.03 Å². The monoisotopic (exact) mass is 275 g/mol. The largest absolute Gasteiger partial charge is 0.497 e. The van der Waals surface area contributed by atoms with Crippen molar-refractivity contribution < 1.29 is 14.3 Å². The number of benzene rings is 1. The molecule has 2 aliphatic rings. The summed E-state index contributed by atoms with van der Waals surface area (Å²) in [6, 6.07) is 7.31. The van der Waals surface area contributed by atoms with Gasteiger partial charge in [-0.25, -0.2) is 4.79 Å². The highest BCUT2D eigenvalue weighted by Gasteiger charge is 2.41. The van der Waals surface area contributed by atoms with Crippen molar-refractivity contribution in [1.29, 1.82) is 0 Å². The highest BCUT2D eigenvalue weighted by molar-refractivity contribution is 5.90. The van der Waals surface area contributed by atoms with E-state index in [1.165, 1.54) is 5.56 Å². The predicted molar refractivity (Wildman–Crippen MR) is 72.6 cm³/mol. The van der Waals surface area contributed by atoms with Gasteiger partial charge in [0.1, 0.15) is 11.8 Å². The molecule has 6 nitrogen and oxygen atoms in total. The first-order chi connectivity index (χ1) is 9.67. The molecule has 6 heteroatoms. The predicted octanol–water partition coefficient (Wildman–Crippen LogP) is 0.349. The summed E-state index contributed by atoms with van der Waals surface area (Å²) in [5.41, 5.74) is 1.20. The molecule has 0 radical (unpaired) electrons. The van der Waals surface area contributed by atoms with E-state index in [9.17, 15) is 9.59 Å². The number of hydrogen-bond donors (Lipinski definition) is 3. The van der Waals surface area contributed by atoms with Gasteiger partial charge in [-0.05, 0) is 24.1 Å². The van der Waals surface area contributed by atoms with Crippen LogP contribution in [0.5, 0.6) is 5.75 Å². The number of nitrogens with one attached hydrogen (secondary N) is 3. The Kier molecular flexibility index (Phi) is 3.22. The summed E-state index contributed by atoms with van der Waals surface area (Å²) in [6.07, 6.45) is 0.937. The summed E-state index contributed by atoms with van der Waals surface area (Å²) < 4.78 is 5.12. The highest BCUT2D eigenvalue weighted by atomic mass is 16.5. The van der Waals surface area contributed by atoms with Crippen LogP contribution in [0.15, 0.2) is 24.3 Å². The second-order valence-electron chi connectivity index (χ2n) is 5.14. The Hall–Kier alpha value is -2.24. The lowest BCUT2D eigenvalue weighted by Gasteiger charge is -2.09. The zero-order valence-corrected chi connectivity index (χ0v) is 11.2. The smallest absolute Gasteiger partial charge is 0.315 e. The quantitative estimate of drug-likeness (QED) is 0.742. The second-order valence-corrected chi connectivity index (χ2v) is 5.14. The van der Waals surface area contributed by atoms with Crippen molar-refractivity contribution in [2.24, 2.45) is 0 Å². The number of amides is 3. The number of carbonyl (C=O) groups is 2. The number of rotatable bonds is 4. The fourth-order valence-electron chi connectivity index (χ4n) is 2.47. The SMILES string of the molecule is COc1ccc([C@@H]2C[C@H]2NC(=O)[C@H]2CNC(=O)N2)cc1. The van der Waals surface area contributed by atoms with Crippen LogP contribution >= 0.6 is 0 Å². The van der Waals surface area contributed by atoms with Gasteiger partial charge in [0.15, 0.2) is 0 Å². The van der Waals surface area contributed by atoms with Crippen LogP contribution in [0.25, 0.3) is 0 Å². The molecule has 3 N–H and O–H groups in total. The van der Waals surface area contributed by atoms with E-state index < -0.39 is 6.04 Å². The minimum atomic E-state index is -0.459. The van der Waals surface area contributed by atoms with Crippen molar-refractivity contribution >= 4 is 11.9 Å². The molecule has 20 heavy (non-hydrogen) atoms. The molecule has 3 atom stereocenters. The van der Waals surface area contributed by atoms with Gasteiger partial charge in [0, 0.05) is 18.5 Å². The Bertz CT molecular complexity index is 529. The van der Waals surface area contributed by atoms with Crippen LogP contribution < -0.4 is 20.7 Å². The van der Waals surface area contributed by atoms with Gasteiger partial charge in [-0.1, -0.05) is 12.1 Å². The first-order valence-corrected chi connectivity index (χ1v) is 6.66. The maximum atomic E-state index is 11.9. The number of urea groups is 1. The summed E-state index contributed by atoms with van der Waals surface area (Å²) in [7, 11) is 1.64. The fourth-order valence-corrected chi connectivity index (χ4v) is 2.47. The summed E-state index contributed by atoms with van der Waals surface area (Å²) in [4.78, 5) is 22.9. The Labute approximate surface area is 116 Å². The third kappa shape index (κ3) is 2.54. The molecule has 1 saturated carbocycles. The van der Waals surface area contributed by atoms with Gasteiger partial charge in [-0.15, -0.1) is 0 Å². The Morgan fingerprint density at radius 2 is 2.10 bits per heavy atom. The van der Waals surface area contributed by atoms with Crippen LogP contribution in [0.4, 0.5) is 4.79 Å². The Morgan fingerprint density at radius 3 is 2.70 bits per heavy atom. The zero-order chi connectivity index (χ0) is 14.1. The van der Waals surface area contributed by atoms with Crippen molar-refractivity contribution in [3.8, 4) is 5.75 Å². The van der Waals surface area contributed by atoms with E-state index >= 15 is 0 Å². The Morgan fingerprint density at radius 1 is 1.35 bits per heavy atom. The first-order valence-electron chi connectivity index (χ1n) is 6.66. The zero-order valence-electron chi connectivity index (χ0n) is 11.2. The lowest BCUT2D eigenvalue weighted by Crippen LogP contribution is -2.44. The topological polar surface area (TPSA) is 79.5 Å². The van der Waals surface area contributed by atoms with Crippen molar-refractivity contribution in [3.63, 3.8) is 0 Å². The number of hydrogen-bond acceptors (Lipinski definition) is 3. The average molecular weight is 275 g/mol. The molecule has 1 aliphatic carbocycles. The van der Waals surface area contributed by atoms with Gasteiger partial charge in [0.2, 0.25) is 5.91 Å². The van der Waals surface area contributed by atoms with E-state index in [-0.39, 0.29) is 18.0 Å². The van der Waals surface area contributed by atoms with Crippen LogP contribution in [-0.2, 0) is 4.79 Å². The van der Waals surface area contributed by atoms with Crippen LogP contribution in [0.1, 0.15) is 17.9 Å². The van der Waals surface area contributed by atoms with Crippen molar-refractivity contribution in [1.82, 2.24) is 16.0 Å². The minimum Gasteiger partial charge on any atom is -0.497 e. The molecule has 3 rings (SSSR count). The lowest BCUT2D eigenvalue weighted by atomic mass is 10.1. The first kappa shape index (κ1) is 12.8. The van der Waals surface area contributed by atoms with E-state index in [4.69, 9.17) is 4.74 Å². The summed E-state index contributed by atoms with van der Waals surface area (Å²) in [6.45, 7) is 0.352. The molecule has 0 unspecified atom stereocenters. The highest BCUT2D eigenvalue weighted by Crippen LogP contribution is 2.41. The average Bonchev–Trinajstić information content (AvgIpc) is 3.09. The molecular weight excluding hydrogens is 258 g/mol. The van der Waals surface area contributed by atoms with Crippen molar-refractivity contribution in [3.05, 3.63) is 29.8 Å². The molecular formula is C14H17N3O3. The summed E-state index contributed by atoms with van der Waals surface area (Å²) in [5, 5.41) is 8.12. The third-order valence-corrected chi connectivity index (χ3v) is 3.75. The van der Waals surface area contributed by atoms with E-state index in [1.54, 1.807) is 7.11 Å². The molecule has 1 saturated heterocycles. The number of methoxy groups -OCH3 is 1. The molecule has 0 bridgehead atoms. The number of carbonyl (C=O) groups excluding carboxylic acids is 2. The van der Waals surface area contributed by atoms with Crippen LogP contribution in [0.2, 0.25) is 0 Å². The molecule has 106 valence electrons. The molecule has 1 aliphatic heterocycles. The molecule has 1 aromatic carbocycles. The fraction of sp³-hybridized carbons (Fsp3) is 0.429. The van der Waals surface area contributed by atoms with Crippen molar-refractivity contribution in [2.45, 2.75) is 24.4 Å². The van der Waals surface area contributed by atoms with E-state index in [2.05, 4.69) is 16.0 Å². The third-order valence-electron chi connectivity index (χ3n) is 3.75. The maximum Gasteiger partial charge on any atom is 0.315 e. The molecule has 1 aromatic rings. The summed E-state index contributed by atoms with van der Waals surface area (Å²) in [5.74, 6) is 1.06. The molecule has 0 aromatic heterocycles. The van der Waals surface area contributed by atoms with Gasteiger partial charge in [-0.2, -0.15) is 0 Å². The Balaban J connectivity index is 1.53. The molecule has 2 fully saturated rings. The minimum absolute atomic E-state index is 0.121. The molecule has 1 heterocycles. The standard InChI is InChI=1S/C14H17N3O3/c1-20-9-4-2-8(3-5-9)10-6-11(10)16-13(18)12-7-15-14(19)17-12/h2-5,10-12H,6-7H2,1H3,(H,16,18)(H2,15,17,19)/t10-,11+,12+/m0/s1. The lowest BCUT2D eigenvalue weighted by molar-refractivity contribution is -0.122. The number of ether oxygens (including phenoxy) is 1. The molecule has 3 amide bonds. The second kappa shape index (κ2) is 5.03. The van der Waals surface area contributed by atoms with E-state index in [0.717, 1.165) is 12.2 Å². The molecule has 0 spiro atoms. The van der Waals surface area contributed by atoms with Crippen LogP contribution in [0.3, 0.4) is 0 Å².